The molecule has 0 fully saturated rings. The zero-order valence-corrected chi connectivity index (χ0v) is 11.2. The fourth-order valence-electron chi connectivity index (χ4n) is 1.47. The Morgan fingerprint density at radius 3 is 1.42 bits per heavy atom. The smallest absolute Gasteiger partial charge is 0.241 e. The molecule has 4 heterocycles. The van der Waals surface area contributed by atoms with Gasteiger partial charge in [0, 0.05) is 0 Å². The molecule has 0 radical (unpaired) electrons. The van der Waals surface area contributed by atoms with E-state index in [1.807, 2.05) is 0 Å². The van der Waals surface area contributed by atoms with Crippen LogP contribution in [0.15, 0.2) is 32.1 Å². The lowest BCUT2D eigenvalue weighted by Crippen LogP contribution is -1.94. The highest BCUT2D eigenvalue weighted by molar-refractivity contribution is 5.62. The Morgan fingerprint density at radius 1 is 0.583 bits per heavy atom. The summed E-state index contributed by atoms with van der Waals surface area (Å²) in [4.78, 5) is 0. The van der Waals surface area contributed by atoms with E-state index in [1.165, 1.54) is 0 Å². The maximum atomic E-state index is 4.59. The molecule has 116 valence electrons. The molecule has 0 saturated heterocycles. The maximum absolute atomic E-state index is 4.59. The molecular formula is C8H2N14O2. The Balaban J connectivity index is 1.67. The van der Waals surface area contributed by atoms with Crippen molar-refractivity contribution >= 4 is 11.6 Å². The zero-order valence-electron chi connectivity index (χ0n) is 11.2. The maximum Gasteiger partial charge on any atom is 0.249 e. The topological polar surface area (TPSA) is 206 Å². The van der Waals surface area contributed by atoms with Gasteiger partial charge in [-0.3, -0.25) is 0 Å². The van der Waals surface area contributed by atoms with E-state index >= 15 is 0 Å². The second kappa shape index (κ2) is 5.87. The van der Waals surface area contributed by atoms with Gasteiger partial charge in [0.05, 0.1) is 0 Å². The van der Waals surface area contributed by atoms with Crippen molar-refractivity contribution in [1.29, 1.82) is 0 Å². The fourth-order valence-corrected chi connectivity index (χ4v) is 1.47. The average Bonchev–Trinajstić information content (AvgIpc) is 3.30. The molecular weight excluding hydrogens is 324 g/mol. The number of aromatic nitrogens is 12. The summed E-state index contributed by atoms with van der Waals surface area (Å²) < 4.78 is 9.18. The Hall–Kier alpha value is -4.24. The molecule has 0 N–H and O–H groups in total. The van der Waals surface area contributed by atoms with E-state index in [9.17, 15) is 0 Å². The second-order valence-electron chi connectivity index (χ2n) is 3.81. The van der Waals surface area contributed by atoms with Gasteiger partial charge in [-0.2, -0.15) is 0 Å². The lowest BCUT2D eigenvalue weighted by atomic mass is 10.4. The summed E-state index contributed by atoms with van der Waals surface area (Å²) in [6, 6.07) is 0. The van der Waals surface area contributed by atoms with Crippen LogP contribution < -0.4 is 0 Å². The zero-order chi connectivity index (χ0) is 16.2. The van der Waals surface area contributed by atoms with E-state index in [0.717, 1.165) is 12.7 Å². The monoisotopic (exact) mass is 326 g/mol. The van der Waals surface area contributed by atoms with Crippen LogP contribution in [-0.4, -0.2) is 61.4 Å². The molecule has 0 spiro atoms. The molecule has 16 heteroatoms. The SMILES string of the molecule is c1nnc(-c2nonc2N=Nc2nonc2-c2nncnn2)nn1. The molecule has 4 aromatic heterocycles. The summed E-state index contributed by atoms with van der Waals surface area (Å²) in [5.41, 5.74) is 0.188. The van der Waals surface area contributed by atoms with Crippen LogP contribution in [0.3, 0.4) is 0 Å². The molecule has 0 aliphatic carbocycles. The Labute approximate surface area is 129 Å². The molecule has 0 bridgehead atoms. The van der Waals surface area contributed by atoms with Gasteiger partial charge in [-0.1, -0.05) is 0 Å². The first kappa shape index (κ1) is 13.4. The quantitative estimate of drug-likeness (QED) is 0.427. The summed E-state index contributed by atoms with van der Waals surface area (Å²) in [5, 5.41) is 51.2. The van der Waals surface area contributed by atoms with Gasteiger partial charge in [0.1, 0.15) is 0 Å². The number of hydrogen-bond donors (Lipinski definition) is 0. The standard InChI is InChI=1S/C8H2N14O2/c1-9-13-5(14-10-1)3-7(21-23-19-3)17-18-8-4(20-24-22-8)6-15-11-2-12-16-6/h1-2H. The summed E-state index contributed by atoms with van der Waals surface area (Å²) in [6.07, 6.45) is 2.32. The van der Waals surface area contributed by atoms with Crippen LogP contribution in [0.5, 0.6) is 0 Å². The molecule has 0 amide bonds. The van der Waals surface area contributed by atoms with Crippen molar-refractivity contribution in [3.63, 3.8) is 0 Å². The van der Waals surface area contributed by atoms with E-state index in [-0.39, 0.29) is 34.7 Å². The van der Waals surface area contributed by atoms with Crippen LogP contribution in [0.2, 0.25) is 0 Å². The summed E-state index contributed by atoms with van der Waals surface area (Å²) in [6.45, 7) is 0. The molecule has 0 aliphatic heterocycles. The molecule has 0 atom stereocenters. The van der Waals surface area contributed by atoms with Crippen molar-refractivity contribution in [3.8, 4) is 23.0 Å². The molecule has 24 heavy (non-hydrogen) atoms. The highest BCUT2D eigenvalue weighted by Crippen LogP contribution is 2.27. The molecule has 4 rings (SSSR count). The molecule has 0 aromatic carbocycles. The minimum absolute atomic E-state index is 0.0241. The van der Waals surface area contributed by atoms with Gasteiger partial charge in [-0.15, -0.1) is 51.0 Å². The molecule has 0 unspecified atom stereocenters. The second-order valence-corrected chi connectivity index (χ2v) is 3.81. The third-order valence-corrected chi connectivity index (χ3v) is 2.42. The largest absolute Gasteiger partial charge is 0.249 e. The third-order valence-electron chi connectivity index (χ3n) is 2.42. The number of rotatable bonds is 4. The Bertz CT molecular complexity index is 885. The lowest BCUT2D eigenvalue weighted by Gasteiger charge is -1.90. The van der Waals surface area contributed by atoms with Crippen molar-refractivity contribution in [3.05, 3.63) is 12.7 Å². The average molecular weight is 326 g/mol. The minimum Gasteiger partial charge on any atom is -0.241 e. The van der Waals surface area contributed by atoms with E-state index in [2.05, 4.69) is 80.9 Å². The summed E-state index contributed by atoms with van der Waals surface area (Å²) >= 11 is 0. The predicted molar refractivity (Wildman–Crippen MR) is 66.0 cm³/mol. The van der Waals surface area contributed by atoms with Gasteiger partial charge in [0.25, 0.3) is 0 Å². The van der Waals surface area contributed by atoms with Gasteiger partial charge in [-0.05, 0) is 20.6 Å². The molecule has 16 nitrogen and oxygen atoms in total. The predicted octanol–water partition coefficient (Wildman–Crippen LogP) is -0.638. The summed E-state index contributed by atoms with van der Waals surface area (Å²) in [7, 11) is 0. The highest BCUT2D eigenvalue weighted by Gasteiger charge is 2.18. The van der Waals surface area contributed by atoms with Gasteiger partial charge < -0.3 is 0 Å². The van der Waals surface area contributed by atoms with Crippen LogP contribution in [0.25, 0.3) is 23.0 Å². The summed E-state index contributed by atoms with van der Waals surface area (Å²) in [5.74, 6) is 0.0740. The van der Waals surface area contributed by atoms with Crippen LogP contribution in [0, 0.1) is 0 Å². The number of azo groups is 1. The minimum atomic E-state index is -0.0241. The third kappa shape index (κ3) is 2.49. The lowest BCUT2D eigenvalue weighted by molar-refractivity contribution is 0.308. The number of nitrogens with zero attached hydrogens (tertiary/aromatic N) is 14. The Kier molecular flexibility index (Phi) is 3.28. The van der Waals surface area contributed by atoms with E-state index in [1.54, 1.807) is 0 Å². The van der Waals surface area contributed by atoms with Crippen molar-refractivity contribution in [2.45, 2.75) is 0 Å². The van der Waals surface area contributed by atoms with Crippen molar-refractivity contribution < 1.29 is 9.26 Å². The normalized spacial score (nSPS) is 11.2. The highest BCUT2D eigenvalue weighted by atomic mass is 16.6. The van der Waals surface area contributed by atoms with E-state index in [0.29, 0.717) is 0 Å². The van der Waals surface area contributed by atoms with Crippen molar-refractivity contribution in [1.82, 2.24) is 61.4 Å². The van der Waals surface area contributed by atoms with Crippen molar-refractivity contribution in [2.24, 2.45) is 10.2 Å². The Morgan fingerprint density at radius 2 is 1.00 bits per heavy atom. The first-order chi connectivity index (χ1) is 11.9. The molecule has 4 aromatic rings. The van der Waals surface area contributed by atoms with Crippen LogP contribution >= 0.6 is 0 Å². The fraction of sp³-hybridized carbons (Fsp3) is 0. The molecule has 0 aliphatic rings. The van der Waals surface area contributed by atoms with Crippen molar-refractivity contribution in [2.75, 3.05) is 0 Å². The van der Waals surface area contributed by atoms with Crippen LogP contribution in [-0.2, 0) is 0 Å². The van der Waals surface area contributed by atoms with Gasteiger partial charge >= 0.3 is 0 Å². The molecule has 0 saturated carbocycles. The van der Waals surface area contributed by atoms with E-state index < -0.39 is 0 Å². The first-order valence-corrected chi connectivity index (χ1v) is 6.00. The van der Waals surface area contributed by atoms with Crippen LogP contribution in [0.1, 0.15) is 0 Å². The first-order valence-electron chi connectivity index (χ1n) is 6.00. The van der Waals surface area contributed by atoms with E-state index in [4.69, 9.17) is 0 Å². The van der Waals surface area contributed by atoms with Gasteiger partial charge in [-0.25, -0.2) is 9.26 Å². The van der Waals surface area contributed by atoms with Gasteiger partial charge in [0.15, 0.2) is 12.7 Å². The van der Waals surface area contributed by atoms with Gasteiger partial charge in [0.2, 0.25) is 34.7 Å². The number of hydrogen-bond acceptors (Lipinski definition) is 16. The van der Waals surface area contributed by atoms with Crippen LogP contribution in [0.4, 0.5) is 11.6 Å².